The van der Waals surface area contributed by atoms with E-state index in [1.165, 1.54) is 37.7 Å². The molecule has 0 saturated heterocycles. The Morgan fingerprint density at radius 2 is 1.43 bits per heavy atom. The van der Waals surface area contributed by atoms with Crippen molar-refractivity contribution in [2.45, 2.75) is 79.3 Å². The predicted molar refractivity (Wildman–Crippen MR) is 96.6 cm³/mol. The first-order chi connectivity index (χ1) is 10.3. The van der Waals surface area contributed by atoms with Gasteiger partial charge in [0.2, 0.25) is 0 Å². The fraction of sp³-hybridized carbons (Fsp3) is 0.700. The smallest absolute Gasteiger partial charge is 0.0233 e. The van der Waals surface area contributed by atoms with Crippen LogP contribution in [0.25, 0.3) is 0 Å². The minimum absolute atomic E-state index is 0.804. The van der Waals surface area contributed by atoms with Crippen molar-refractivity contribution in [2.24, 2.45) is 5.92 Å². The molecule has 1 fully saturated rings. The van der Waals surface area contributed by atoms with E-state index in [4.69, 9.17) is 0 Å². The van der Waals surface area contributed by atoms with Gasteiger partial charge in [0.1, 0.15) is 0 Å². The van der Waals surface area contributed by atoms with Crippen LogP contribution in [0.2, 0.25) is 0 Å². The second-order valence-electron chi connectivity index (χ2n) is 5.48. The van der Waals surface area contributed by atoms with Crippen molar-refractivity contribution >= 4 is 0 Å². The van der Waals surface area contributed by atoms with Crippen LogP contribution >= 0.6 is 0 Å². The third-order valence-electron chi connectivity index (χ3n) is 4.29. The summed E-state index contributed by atoms with van der Waals surface area (Å²) >= 11 is 0. The monoisotopic (exact) mass is 291 g/mol. The molecular weight excluding hydrogens is 254 g/mol. The molecule has 0 unspecified atom stereocenters. The van der Waals surface area contributed by atoms with Crippen molar-refractivity contribution in [1.82, 2.24) is 4.90 Å². The summed E-state index contributed by atoms with van der Waals surface area (Å²) in [4.78, 5) is 2.54. The zero-order valence-corrected chi connectivity index (χ0v) is 15.2. The first-order valence-corrected chi connectivity index (χ1v) is 9.03. The largest absolute Gasteiger partial charge is 0.299 e. The van der Waals surface area contributed by atoms with E-state index in [1.54, 1.807) is 0 Å². The van der Waals surface area contributed by atoms with Crippen molar-refractivity contribution in [2.75, 3.05) is 7.05 Å². The van der Waals surface area contributed by atoms with E-state index in [1.807, 2.05) is 27.7 Å². The molecule has 1 saturated carbocycles. The molecule has 0 aliphatic heterocycles. The van der Waals surface area contributed by atoms with E-state index >= 15 is 0 Å². The molecule has 0 bridgehead atoms. The summed E-state index contributed by atoms with van der Waals surface area (Å²) in [5.41, 5.74) is 1.44. The normalized spacial score (nSPS) is 20.9. The molecule has 0 aromatic heterocycles. The second-order valence-corrected chi connectivity index (χ2v) is 5.48. The van der Waals surface area contributed by atoms with Crippen molar-refractivity contribution in [3.05, 3.63) is 35.9 Å². The highest BCUT2D eigenvalue weighted by atomic mass is 15.1. The molecule has 0 amide bonds. The Balaban J connectivity index is 0.000000921. The predicted octanol–water partition coefficient (Wildman–Crippen LogP) is 6.14. The Labute approximate surface area is 133 Å². The zero-order chi connectivity index (χ0) is 16.1. The number of benzene rings is 1. The summed E-state index contributed by atoms with van der Waals surface area (Å²) in [6, 6.07) is 11.6. The van der Waals surface area contributed by atoms with Crippen LogP contribution in [0.4, 0.5) is 0 Å². The fourth-order valence-corrected chi connectivity index (χ4v) is 2.99. The van der Waals surface area contributed by atoms with Gasteiger partial charge in [0.15, 0.2) is 0 Å². The molecule has 0 atom stereocenters. The van der Waals surface area contributed by atoms with Crippen LogP contribution in [0.3, 0.4) is 0 Å². The molecule has 0 heterocycles. The lowest BCUT2D eigenvalue weighted by Crippen LogP contribution is -2.34. The maximum absolute atomic E-state index is 2.54. The lowest BCUT2D eigenvalue weighted by molar-refractivity contribution is 0.157. The molecule has 21 heavy (non-hydrogen) atoms. The SMILES string of the molecule is CC.CC.CCC1CCC(N(C)Cc2ccccc2)CC1. The molecule has 1 heteroatoms. The molecule has 1 aliphatic carbocycles. The summed E-state index contributed by atoms with van der Waals surface area (Å²) in [6.45, 7) is 11.4. The van der Waals surface area contributed by atoms with Crippen molar-refractivity contribution in [3.63, 3.8) is 0 Å². The van der Waals surface area contributed by atoms with Crippen LogP contribution in [0.15, 0.2) is 30.3 Å². The van der Waals surface area contributed by atoms with Crippen molar-refractivity contribution < 1.29 is 0 Å². The molecule has 0 N–H and O–H groups in total. The number of nitrogens with zero attached hydrogens (tertiary/aromatic N) is 1. The Morgan fingerprint density at radius 3 is 1.90 bits per heavy atom. The number of hydrogen-bond acceptors (Lipinski definition) is 1. The average Bonchev–Trinajstić information content (AvgIpc) is 2.59. The van der Waals surface area contributed by atoms with Gasteiger partial charge in [-0.15, -0.1) is 0 Å². The van der Waals surface area contributed by atoms with Crippen LogP contribution in [-0.2, 0) is 6.54 Å². The summed E-state index contributed by atoms with van der Waals surface area (Å²) < 4.78 is 0. The molecule has 1 aliphatic rings. The molecule has 1 nitrogen and oxygen atoms in total. The number of rotatable bonds is 4. The van der Waals surface area contributed by atoms with Crippen LogP contribution in [-0.4, -0.2) is 18.0 Å². The molecule has 0 spiro atoms. The Bertz CT molecular complexity index is 312. The minimum Gasteiger partial charge on any atom is -0.299 e. The molecular formula is C20H37N. The topological polar surface area (TPSA) is 3.24 Å². The van der Waals surface area contributed by atoms with Gasteiger partial charge in [0, 0.05) is 12.6 Å². The van der Waals surface area contributed by atoms with E-state index in [2.05, 4.69) is 49.2 Å². The van der Waals surface area contributed by atoms with E-state index in [-0.39, 0.29) is 0 Å². The van der Waals surface area contributed by atoms with Crippen LogP contribution in [0.5, 0.6) is 0 Å². The summed E-state index contributed by atoms with van der Waals surface area (Å²) in [5.74, 6) is 0.997. The first kappa shape index (κ1) is 20.2. The standard InChI is InChI=1S/C16H25N.2C2H6/c1-3-14-9-11-16(12-10-14)17(2)13-15-7-5-4-6-8-15;2*1-2/h4-8,14,16H,3,9-13H2,1-2H3;2*1-2H3. The Kier molecular flexibility index (Phi) is 12.4. The molecule has 1 aromatic rings. The van der Waals surface area contributed by atoms with Gasteiger partial charge in [-0.1, -0.05) is 71.4 Å². The van der Waals surface area contributed by atoms with Crippen LogP contribution < -0.4 is 0 Å². The lowest BCUT2D eigenvalue weighted by Gasteiger charge is -2.34. The quantitative estimate of drug-likeness (QED) is 0.644. The lowest BCUT2D eigenvalue weighted by atomic mass is 9.84. The second kappa shape index (κ2) is 12.9. The third kappa shape index (κ3) is 7.66. The highest BCUT2D eigenvalue weighted by Gasteiger charge is 2.22. The fourth-order valence-electron chi connectivity index (χ4n) is 2.99. The molecule has 0 radical (unpaired) electrons. The van der Waals surface area contributed by atoms with E-state index in [9.17, 15) is 0 Å². The Hall–Kier alpha value is -0.820. The molecule has 122 valence electrons. The van der Waals surface area contributed by atoms with E-state index in [0.717, 1.165) is 18.5 Å². The van der Waals surface area contributed by atoms with Gasteiger partial charge in [-0.25, -0.2) is 0 Å². The highest BCUT2D eigenvalue weighted by Crippen LogP contribution is 2.29. The highest BCUT2D eigenvalue weighted by molar-refractivity contribution is 5.14. The van der Waals surface area contributed by atoms with Gasteiger partial charge < -0.3 is 0 Å². The third-order valence-corrected chi connectivity index (χ3v) is 4.29. The maximum Gasteiger partial charge on any atom is 0.0233 e. The van der Waals surface area contributed by atoms with Gasteiger partial charge in [0.25, 0.3) is 0 Å². The summed E-state index contributed by atoms with van der Waals surface area (Å²) in [6.07, 6.45) is 7.01. The summed E-state index contributed by atoms with van der Waals surface area (Å²) in [5, 5.41) is 0. The van der Waals surface area contributed by atoms with Crippen LogP contribution in [0.1, 0.15) is 72.3 Å². The zero-order valence-electron chi connectivity index (χ0n) is 15.2. The minimum atomic E-state index is 0.804. The van der Waals surface area contributed by atoms with Crippen LogP contribution in [0, 0.1) is 5.92 Å². The average molecular weight is 292 g/mol. The summed E-state index contributed by atoms with van der Waals surface area (Å²) in [7, 11) is 2.28. The van der Waals surface area contributed by atoms with E-state index < -0.39 is 0 Å². The van der Waals surface area contributed by atoms with Gasteiger partial charge in [-0.3, -0.25) is 4.90 Å². The maximum atomic E-state index is 2.54. The molecule has 1 aromatic carbocycles. The number of hydrogen-bond donors (Lipinski definition) is 0. The van der Waals surface area contributed by atoms with Gasteiger partial charge in [-0.2, -0.15) is 0 Å². The Morgan fingerprint density at radius 1 is 0.905 bits per heavy atom. The first-order valence-electron chi connectivity index (χ1n) is 9.03. The van der Waals surface area contributed by atoms with Crippen molar-refractivity contribution in [3.8, 4) is 0 Å². The van der Waals surface area contributed by atoms with Gasteiger partial charge >= 0.3 is 0 Å². The molecule has 2 rings (SSSR count). The van der Waals surface area contributed by atoms with Gasteiger partial charge in [0.05, 0.1) is 0 Å². The van der Waals surface area contributed by atoms with Gasteiger partial charge in [-0.05, 0) is 44.2 Å². The van der Waals surface area contributed by atoms with Crippen molar-refractivity contribution in [1.29, 1.82) is 0 Å². The van der Waals surface area contributed by atoms with E-state index in [0.29, 0.717) is 0 Å².